The van der Waals surface area contributed by atoms with Crippen molar-refractivity contribution in [2.24, 2.45) is 0 Å². The summed E-state index contributed by atoms with van der Waals surface area (Å²) in [5, 5.41) is 10.7. The molecule has 21 heavy (non-hydrogen) atoms. The van der Waals surface area contributed by atoms with Crippen LogP contribution in [-0.4, -0.2) is 45.1 Å². The van der Waals surface area contributed by atoms with Gasteiger partial charge in [0.25, 0.3) is 5.82 Å². The van der Waals surface area contributed by atoms with Crippen molar-refractivity contribution in [2.45, 2.75) is 32.2 Å². The second kappa shape index (κ2) is 4.83. The number of aromatic nitrogens is 4. The van der Waals surface area contributed by atoms with Crippen LogP contribution in [0.2, 0.25) is 0 Å². The lowest BCUT2D eigenvalue weighted by Gasteiger charge is -2.35. The first-order valence-electron chi connectivity index (χ1n) is 6.54. The van der Waals surface area contributed by atoms with Gasteiger partial charge >= 0.3 is 6.18 Å². The minimum atomic E-state index is -4.59. The van der Waals surface area contributed by atoms with Gasteiger partial charge in [-0.05, 0) is 26.0 Å². The van der Waals surface area contributed by atoms with Crippen molar-refractivity contribution in [1.82, 2.24) is 19.8 Å². The Morgan fingerprint density at radius 3 is 2.43 bits per heavy atom. The van der Waals surface area contributed by atoms with Gasteiger partial charge < -0.3 is 9.64 Å². The van der Waals surface area contributed by atoms with Crippen molar-refractivity contribution in [3.8, 4) is 0 Å². The summed E-state index contributed by atoms with van der Waals surface area (Å²) < 4.78 is 44.9. The van der Waals surface area contributed by atoms with Crippen molar-refractivity contribution in [1.29, 1.82) is 0 Å². The van der Waals surface area contributed by atoms with Crippen molar-refractivity contribution in [2.75, 3.05) is 18.0 Å². The van der Waals surface area contributed by atoms with E-state index in [1.807, 2.05) is 18.7 Å². The molecule has 0 spiro atoms. The third kappa shape index (κ3) is 2.65. The second-order valence-electron chi connectivity index (χ2n) is 5.15. The van der Waals surface area contributed by atoms with E-state index in [1.165, 1.54) is 6.07 Å². The van der Waals surface area contributed by atoms with Crippen LogP contribution in [-0.2, 0) is 10.9 Å². The van der Waals surface area contributed by atoms with E-state index in [0.717, 1.165) is 4.52 Å². The molecule has 0 radical (unpaired) electrons. The van der Waals surface area contributed by atoms with Crippen LogP contribution >= 0.6 is 0 Å². The minimum Gasteiger partial charge on any atom is -0.372 e. The monoisotopic (exact) mass is 301 g/mol. The fourth-order valence-corrected chi connectivity index (χ4v) is 2.49. The zero-order chi connectivity index (χ0) is 15.2. The molecule has 2 aromatic heterocycles. The number of hydrogen-bond donors (Lipinski definition) is 0. The molecule has 2 atom stereocenters. The molecule has 6 nitrogen and oxygen atoms in total. The van der Waals surface area contributed by atoms with Crippen LogP contribution in [0.1, 0.15) is 19.7 Å². The van der Waals surface area contributed by atoms with Gasteiger partial charge in [-0.15, -0.1) is 15.3 Å². The Morgan fingerprint density at radius 2 is 1.81 bits per heavy atom. The van der Waals surface area contributed by atoms with Gasteiger partial charge in [0.1, 0.15) is 5.82 Å². The topological polar surface area (TPSA) is 55.6 Å². The number of rotatable bonds is 1. The van der Waals surface area contributed by atoms with Crippen LogP contribution in [0, 0.1) is 0 Å². The number of halogens is 3. The van der Waals surface area contributed by atoms with E-state index < -0.39 is 12.0 Å². The quantitative estimate of drug-likeness (QED) is 0.803. The van der Waals surface area contributed by atoms with E-state index in [2.05, 4.69) is 15.3 Å². The highest BCUT2D eigenvalue weighted by atomic mass is 19.4. The van der Waals surface area contributed by atoms with Crippen molar-refractivity contribution in [3.63, 3.8) is 0 Å². The molecule has 0 saturated carbocycles. The number of nitrogens with zero attached hydrogens (tertiary/aromatic N) is 5. The first-order valence-corrected chi connectivity index (χ1v) is 6.54. The van der Waals surface area contributed by atoms with Crippen molar-refractivity contribution >= 4 is 11.5 Å². The number of hydrogen-bond acceptors (Lipinski definition) is 5. The minimum absolute atomic E-state index is 0.00533. The summed E-state index contributed by atoms with van der Waals surface area (Å²) in [4.78, 5) is 1.90. The van der Waals surface area contributed by atoms with Gasteiger partial charge in [0.15, 0.2) is 5.65 Å². The number of anilines is 1. The summed E-state index contributed by atoms with van der Waals surface area (Å²) in [6.45, 7) is 4.99. The molecule has 1 saturated heterocycles. The summed E-state index contributed by atoms with van der Waals surface area (Å²) in [5.74, 6) is -0.663. The maximum absolute atomic E-state index is 12.9. The summed E-state index contributed by atoms with van der Waals surface area (Å²) in [5.41, 5.74) is 0.0698. The Balaban J connectivity index is 2.00. The highest BCUT2D eigenvalue weighted by Gasteiger charge is 2.38. The molecule has 1 fully saturated rings. The summed E-state index contributed by atoms with van der Waals surface area (Å²) in [7, 11) is 0. The Hall–Kier alpha value is -1.90. The van der Waals surface area contributed by atoms with E-state index >= 15 is 0 Å². The Labute approximate surface area is 118 Å². The zero-order valence-electron chi connectivity index (χ0n) is 11.5. The number of alkyl halides is 3. The highest BCUT2D eigenvalue weighted by Crippen LogP contribution is 2.28. The van der Waals surface area contributed by atoms with E-state index in [9.17, 15) is 13.2 Å². The van der Waals surface area contributed by atoms with Gasteiger partial charge in [-0.2, -0.15) is 17.7 Å². The molecule has 9 heteroatoms. The first-order chi connectivity index (χ1) is 9.84. The molecule has 3 heterocycles. The highest BCUT2D eigenvalue weighted by molar-refractivity contribution is 5.46. The van der Waals surface area contributed by atoms with Crippen molar-refractivity contribution in [3.05, 3.63) is 18.0 Å². The molecular formula is C12H14F3N5O. The van der Waals surface area contributed by atoms with Gasteiger partial charge in [0.2, 0.25) is 0 Å². The Bertz CT molecular complexity index is 646. The summed E-state index contributed by atoms with van der Waals surface area (Å²) >= 11 is 0. The fraction of sp³-hybridized carbons (Fsp3) is 0.583. The zero-order valence-corrected chi connectivity index (χ0v) is 11.5. The molecule has 0 unspecified atom stereocenters. The van der Waals surface area contributed by atoms with Gasteiger partial charge in [0.05, 0.1) is 12.2 Å². The lowest BCUT2D eigenvalue weighted by molar-refractivity contribution is -0.146. The molecule has 2 aromatic rings. The van der Waals surface area contributed by atoms with Crippen molar-refractivity contribution < 1.29 is 17.9 Å². The lowest BCUT2D eigenvalue weighted by Crippen LogP contribution is -2.46. The van der Waals surface area contributed by atoms with Gasteiger partial charge in [-0.3, -0.25) is 0 Å². The van der Waals surface area contributed by atoms with Crippen LogP contribution in [0.25, 0.3) is 5.65 Å². The first kappa shape index (κ1) is 14.1. The fourth-order valence-electron chi connectivity index (χ4n) is 2.49. The molecule has 114 valence electrons. The molecular weight excluding hydrogens is 287 g/mol. The van der Waals surface area contributed by atoms with Crippen LogP contribution in [0.4, 0.5) is 19.0 Å². The molecule has 1 aliphatic rings. The predicted octanol–water partition coefficient (Wildman–Crippen LogP) is 1.76. The number of morpholine rings is 1. The average Bonchev–Trinajstić information content (AvgIpc) is 2.79. The van der Waals surface area contributed by atoms with Gasteiger partial charge in [-0.25, -0.2) is 0 Å². The largest absolute Gasteiger partial charge is 0.453 e. The van der Waals surface area contributed by atoms with Gasteiger partial charge in [-0.1, -0.05) is 0 Å². The lowest BCUT2D eigenvalue weighted by atomic mass is 10.2. The second-order valence-corrected chi connectivity index (χ2v) is 5.15. The smallest absolute Gasteiger partial charge is 0.372 e. The predicted molar refractivity (Wildman–Crippen MR) is 68.0 cm³/mol. The molecule has 1 aliphatic heterocycles. The third-order valence-electron chi connectivity index (χ3n) is 3.25. The molecule has 3 rings (SSSR count). The molecule has 0 aromatic carbocycles. The van der Waals surface area contributed by atoms with E-state index in [-0.39, 0.29) is 17.9 Å². The molecule has 0 N–H and O–H groups in total. The maximum atomic E-state index is 12.9. The van der Waals surface area contributed by atoms with Crippen LogP contribution < -0.4 is 4.90 Å². The third-order valence-corrected chi connectivity index (χ3v) is 3.25. The SMILES string of the molecule is C[C@H]1CN(c2ccc3nnc(C(F)(F)F)n3n2)C[C@H](C)O1. The van der Waals surface area contributed by atoms with E-state index in [0.29, 0.717) is 18.9 Å². The summed E-state index contributed by atoms with van der Waals surface area (Å²) in [6, 6.07) is 3.13. The molecule has 0 aliphatic carbocycles. The Kier molecular flexibility index (Phi) is 3.23. The van der Waals surface area contributed by atoms with Gasteiger partial charge in [0, 0.05) is 13.1 Å². The van der Waals surface area contributed by atoms with Crippen LogP contribution in [0.15, 0.2) is 12.1 Å². The molecule has 0 amide bonds. The maximum Gasteiger partial charge on any atom is 0.453 e. The normalized spacial score (nSPS) is 23.8. The number of ether oxygens (including phenoxy) is 1. The van der Waals surface area contributed by atoms with E-state index in [1.54, 1.807) is 6.07 Å². The Morgan fingerprint density at radius 1 is 1.14 bits per heavy atom. The average molecular weight is 301 g/mol. The standard InChI is InChI=1S/C12H14F3N5O/c1-7-5-19(6-8(2)21-7)10-4-3-9-16-17-11(12(13,14)15)20(9)18-10/h3-4,7-8H,5-6H2,1-2H3/t7-,8-/m0/s1. The van der Waals surface area contributed by atoms with E-state index in [4.69, 9.17) is 4.74 Å². The number of fused-ring (bicyclic) bond motifs is 1. The van der Waals surface area contributed by atoms with Crippen LogP contribution in [0.3, 0.4) is 0 Å². The molecule has 0 bridgehead atoms. The summed E-state index contributed by atoms with van der Waals surface area (Å²) in [6.07, 6.45) is -4.60. The van der Waals surface area contributed by atoms with Crippen LogP contribution in [0.5, 0.6) is 0 Å².